The second kappa shape index (κ2) is 3.12. The van der Waals surface area contributed by atoms with Crippen molar-refractivity contribution in [3.63, 3.8) is 0 Å². The van der Waals surface area contributed by atoms with Gasteiger partial charge in [0.25, 0.3) is 0 Å². The zero-order chi connectivity index (χ0) is 8.55. The minimum absolute atomic E-state index is 0.350. The van der Waals surface area contributed by atoms with Crippen LogP contribution < -0.4 is 5.73 Å². The van der Waals surface area contributed by atoms with Crippen molar-refractivity contribution >= 4 is 11.3 Å². The Balaban J connectivity index is 2.04. The van der Waals surface area contributed by atoms with E-state index in [1.807, 2.05) is 0 Å². The Morgan fingerprint density at radius 2 is 2.58 bits per heavy atom. The number of nitrogens with two attached hydrogens (primary N) is 1. The summed E-state index contributed by atoms with van der Waals surface area (Å²) in [6.45, 7) is 0.618. The van der Waals surface area contributed by atoms with Crippen LogP contribution in [0.1, 0.15) is 23.0 Å². The molecule has 2 N–H and O–H groups in total. The van der Waals surface area contributed by atoms with Gasteiger partial charge in [0.2, 0.25) is 0 Å². The fourth-order valence-corrected chi connectivity index (χ4v) is 2.07. The average molecular weight is 184 g/mol. The van der Waals surface area contributed by atoms with E-state index < -0.39 is 0 Å². The number of rotatable bonds is 3. The number of hydrogen-bond acceptors (Lipinski definition) is 4. The zero-order valence-electron chi connectivity index (χ0n) is 6.99. The highest BCUT2D eigenvalue weighted by molar-refractivity contribution is 7.09. The van der Waals surface area contributed by atoms with Crippen LogP contribution in [0, 0.1) is 0 Å². The van der Waals surface area contributed by atoms with Gasteiger partial charge in [0.05, 0.1) is 12.3 Å². The van der Waals surface area contributed by atoms with Crippen LogP contribution in [0.15, 0.2) is 5.38 Å². The van der Waals surface area contributed by atoms with Gasteiger partial charge in [-0.2, -0.15) is 0 Å². The van der Waals surface area contributed by atoms with Crippen LogP contribution in [-0.2, 0) is 11.3 Å². The fraction of sp³-hybridized carbons (Fsp3) is 0.625. The minimum atomic E-state index is 0.350. The first-order valence-corrected chi connectivity index (χ1v) is 4.88. The van der Waals surface area contributed by atoms with Gasteiger partial charge >= 0.3 is 0 Å². The molecule has 12 heavy (non-hydrogen) atoms. The second-order valence-corrected chi connectivity index (χ2v) is 4.05. The molecule has 0 aromatic carbocycles. The maximum absolute atomic E-state index is 5.72. The summed E-state index contributed by atoms with van der Waals surface area (Å²) in [5.74, 6) is 0.520. The number of thiazole rings is 1. The van der Waals surface area contributed by atoms with Crippen molar-refractivity contribution in [2.75, 3.05) is 7.11 Å². The van der Waals surface area contributed by atoms with E-state index in [1.54, 1.807) is 18.4 Å². The van der Waals surface area contributed by atoms with E-state index in [4.69, 9.17) is 10.5 Å². The van der Waals surface area contributed by atoms with Gasteiger partial charge in [0.1, 0.15) is 5.01 Å². The summed E-state index contributed by atoms with van der Waals surface area (Å²) in [7, 11) is 1.68. The van der Waals surface area contributed by atoms with Gasteiger partial charge in [-0.15, -0.1) is 11.3 Å². The van der Waals surface area contributed by atoms with Crippen LogP contribution in [0.4, 0.5) is 0 Å². The molecule has 0 amide bonds. The standard InChI is InChI=1S/C8H12N2OS/c1-11-3-8-10-7(4-12-8)5-2-6(5)9/h4-6H,2-3,9H2,1H3. The Kier molecular flexibility index (Phi) is 2.12. The highest BCUT2D eigenvalue weighted by atomic mass is 32.1. The SMILES string of the molecule is COCc1nc(C2CC2N)cs1. The molecule has 1 saturated carbocycles. The van der Waals surface area contributed by atoms with Crippen LogP contribution >= 0.6 is 11.3 Å². The summed E-state index contributed by atoms with van der Waals surface area (Å²) >= 11 is 1.65. The van der Waals surface area contributed by atoms with Crippen molar-refractivity contribution in [2.24, 2.45) is 5.73 Å². The maximum Gasteiger partial charge on any atom is 0.119 e. The first kappa shape index (κ1) is 8.16. The molecule has 1 heterocycles. The van der Waals surface area contributed by atoms with Gasteiger partial charge < -0.3 is 10.5 Å². The zero-order valence-corrected chi connectivity index (χ0v) is 7.80. The molecular weight excluding hydrogens is 172 g/mol. The number of nitrogens with zero attached hydrogens (tertiary/aromatic N) is 1. The molecule has 1 aromatic rings. The third kappa shape index (κ3) is 1.50. The minimum Gasteiger partial charge on any atom is -0.378 e. The predicted octanol–water partition coefficient (Wildman–Crippen LogP) is 1.10. The van der Waals surface area contributed by atoms with Crippen molar-refractivity contribution in [1.29, 1.82) is 0 Å². The average Bonchev–Trinajstić information content (AvgIpc) is 2.62. The van der Waals surface area contributed by atoms with E-state index in [9.17, 15) is 0 Å². The molecule has 3 nitrogen and oxygen atoms in total. The lowest BCUT2D eigenvalue weighted by molar-refractivity contribution is 0.184. The molecule has 0 aliphatic heterocycles. The van der Waals surface area contributed by atoms with Crippen LogP contribution in [0.2, 0.25) is 0 Å². The molecule has 2 unspecified atom stereocenters. The Morgan fingerprint density at radius 3 is 3.17 bits per heavy atom. The molecule has 4 heteroatoms. The van der Waals surface area contributed by atoms with Crippen molar-refractivity contribution in [2.45, 2.75) is 25.0 Å². The third-order valence-electron chi connectivity index (χ3n) is 2.06. The van der Waals surface area contributed by atoms with Crippen molar-refractivity contribution < 1.29 is 4.74 Å². The Labute approximate surface area is 75.6 Å². The van der Waals surface area contributed by atoms with Gasteiger partial charge in [-0.3, -0.25) is 0 Å². The van der Waals surface area contributed by atoms with E-state index in [0.29, 0.717) is 18.6 Å². The molecule has 66 valence electrons. The second-order valence-electron chi connectivity index (χ2n) is 3.11. The quantitative estimate of drug-likeness (QED) is 0.765. The summed E-state index contributed by atoms with van der Waals surface area (Å²) in [5.41, 5.74) is 6.87. The Bertz CT molecular complexity index is 274. The summed E-state index contributed by atoms with van der Waals surface area (Å²) < 4.78 is 4.98. The number of ether oxygens (including phenoxy) is 1. The summed E-state index contributed by atoms with van der Waals surface area (Å²) in [6, 6.07) is 0.350. The molecule has 1 aliphatic rings. The summed E-state index contributed by atoms with van der Waals surface area (Å²) in [6.07, 6.45) is 1.09. The Morgan fingerprint density at radius 1 is 1.83 bits per heavy atom. The molecule has 0 radical (unpaired) electrons. The highest BCUT2D eigenvalue weighted by Gasteiger charge is 2.36. The summed E-state index contributed by atoms with van der Waals surface area (Å²) in [5, 5.41) is 3.14. The summed E-state index contributed by atoms with van der Waals surface area (Å²) in [4.78, 5) is 4.43. The normalized spacial score (nSPS) is 27.5. The molecule has 0 saturated heterocycles. The number of hydrogen-bond donors (Lipinski definition) is 1. The maximum atomic E-state index is 5.72. The molecule has 0 bridgehead atoms. The van der Waals surface area contributed by atoms with Crippen molar-refractivity contribution in [1.82, 2.24) is 4.98 Å². The lowest BCUT2D eigenvalue weighted by Gasteiger charge is -1.91. The monoisotopic (exact) mass is 184 g/mol. The van der Waals surface area contributed by atoms with E-state index in [2.05, 4.69) is 10.4 Å². The third-order valence-corrected chi connectivity index (χ3v) is 2.90. The van der Waals surface area contributed by atoms with Gasteiger partial charge in [-0.25, -0.2) is 4.98 Å². The van der Waals surface area contributed by atoms with E-state index in [-0.39, 0.29) is 0 Å². The van der Waals surface area contributed by atoms with Crippen LogP contribution in [0.25, 0.3) is 0 Å². The van der Waals surface area contributed by atoms with E-state index in [1.165, 1.54) is 0 Å². The van der Waals surface area contributed by atoms with E-state index in [0.717, 1.165) is 17.1 Å². The highest BCUT2D eigenvalue weighted by Crippen LogP contribution is 2.39. The lowest BCUT2D eigenvalue weighted by atomic mass is 10.3. The van der Waals surface area contributed by atoms with Gasteiger partial charge in [-0.05, 0) is 6.42 Å². The molecule has 1 aromatic heterocycles. The van der Waals surface area contributed by atoms with Gasteiger partial charge in [0.15, 0.2) is 0 Å². The molecular formula is C8H12N2OS. The van der Waals surface area contributed by atoms with Crippen molar-refractivity contribution in [3.8, 4) is 0 Å². The van der Waals surface area contributed by atoms with Gasteiger partial charge in [0, 0.05) is 24.4 Å². The van der Waals surface area contributed by atoms with Gasteiger partial charge in [-0.1, -0.05) is 0 Å². The van der Waals surface area contributed by atoms with Crippen LogP contribution in [0.3, 0.4) is 0 Å². The molecule has 2 rings (SSSR count). The first-order chi connectivity index (χ1) is 5.81. The number of methoxy groups -OCH3 is 1. The smallest absolute Gasteiger partial charge is 0.119 e. The lowest BCUT2D eigenvalue weighted by Crippen LogP contribution is -2.01. The molecule has 0 spiro atoms. The molecule has 1 aliphatic carbocycles. The fourth-order valence-electron chi connectivity index (χ4n) is 1.24. The van der Waals surface area contributed by atoms with E-state index >= 15 is 0 Å². The Hall–Kier alpha value is -0.450. The largest absolute Gasteiger partial charge is 0.378 e. The number of aromatic nitrogens is 1. The predicted molar refractivity (Wildman–Crippen MR) is 48.2 cm³/mol. The van der Waals surface area contributed by atoms with Crippen molar-refractivity contribution in [3.05, 3.63) is 16.1 Å². The molecule has 2 atom stereocenters. The van der Waals surface area contributed by atoms with Crippen LogP contribution in [0.5, 0.6) is 0 Å². The first-order valence-electron chi connectivity index (χ1n) is 4.00. The molecule has 1 fully saturated rings. The van der Waals surface area contributed by atoms with Crippen LogP contribution in [-0.4, -0.2) is 18.1 Å². The topological polar surface area (TPSA) is 48.1 Å².